The summed E-state index contributed by atoms with van der Waals surface area (Å²) < 4.78 is 12.9. The van der Waals surface area contributed by atoms with Crippen molar-refractivity contribution in [2.75, 3.05) is 0 Å². The summed E-state index contributed by atoms with van der Waals surface area (Å²) in [6, 6.07) is 6.27. The molecule has 2 rings (SSSR count). The average Bonchev–Trinajstić information content (AvgIpc) is 2.49. The van der Waals surface area contributed by atoms with Crippen molar-refractivity contribution in [3.8, 4) is 5.75 Å². The van der Waals surface area contributed by atoms with Crippen molar-refractivity contribution in [3.05, 3.63) is 58.7 Å². The standard InChI is InChI=1S/C16H19FN2O2/c1-10(12-3-5-14(17)6-4-12)19-8-15-13(9-20)7-18-11(2)16(15)21/h3-7,10,19-21H,8-9H2,1-2H3. The number of rotatable bonds is 5. The Kier molecular flexibility index (Phi) is 4.88. The molecular formula is C16H19FN2O2. The van der Waals surface area contributed by atoms with Gasteiger partial charge in [-0.2, -0.15) is 0 Å². The van der Waals surface area contributed by atoms with Crippen LogP contribution in [-0.2, 0) is 13.2 Å². The van der Waals surface area contributed by atoms with Crippen LogP contribution in [-0.4, -0.2) is 15.2 Å². The van der Waals surface area contributed by atoms with Crippen molar-refractivity contribution in [2.45, 2.75) is 33.0 Å². The lowest BCUT2D eigenvalue weighted by molar-refractivity contribution is 0.278. The van der Waals surface area contributed by atoms with Crippen LogP contribution in [0.2, 0.25) is 0 Å². The predicted molar refractivity (Wildman–Crippen MR) is 78.2 cm³/mol. The third-order valence-corrected chi connectivity index (χ3v) is 3.56. The Morgan fingerprint density at radius 2 is 1.95 bits per heavy atom. The van der Waals surface area contributed by atoms with Gasteiger partial charge in [-0.25, -0.2) is 4.39 Å². The van der Waals surface area contributed by atoms with E-state index < -0.39 is 0 Å². The number of hydrogen-bond acceptors (Lipinski definition) is 4. The highest BCUT2D eigenvalue weighted by Gasteiger charge is 2.13. The van der Waals surface area contributed by atoms with Crippen LogP contribution in [0.15, 0.2) is 30.5 Å². The Morgan fingerprint density at radius 1 is 1.29 bits per heavy atom. The zero-order valence-corrected chi connectivity index (χ0v) is 12.1. The second-order valence-electron chi connectivity index (χ2n) is 5.01. The van der Waals surface area contributed by atoms with Crippen LogP contribution in [0.25, 0.3) is 0 Å². The Bertz CT molecular complexity index is 614. The summed E-state index contributed by atoms with van der Waals surface area (Å²) in [5.41, 5.74) is 2.71. The summed E-state index contributed by atoms with van der Waals surface area (Å²) in [6.45, 7) is 3.88. The van der Waals surface area contributed by atoms with Gasteiger partial charge in [-0.05, 0) is 31.5 Å². The highest BCUT2D eigenvalue weighted by atomic mass is 19.1. The number of aromatic hydroxyl groups is 1. The summed E-state index contributed by atoms with van der Waals surface area (Å²) in [6.07, 6.45) is 1.56. The van der Waals surface area contributed by atoms with Crippen LogP contribution in [0.3, 0.4) is 0 Å². The smallest absolute Gasteiger partial charge is 0.141 e. The van der Waals surface area contributed by atoms with Gasteiger partial charge in [0.2, 0.25) is 0 Å². The monoisotopic (exact) mass is 290 g/mol. The highest BCUT2D eigenvalue weighted by Crippen LogP contribution is 2.24. The molecule has 4 nitrogen and oxygen atoms in total. The molecule has 0 aliphatic carbocycles. The van der Waals surface area contributed by atoms with E-state index in [2.05, 4.69) is 10.3 Å². The van der Waals surface area contributed by atoms with E-state index in [1.807, 2.05) is 6.92 Å². The molecule has 1 atom stereocenters. The van der Waals surface area contributed by atoms with Crippen LogP contribution in [0.5, 0.6) is 5.75 Å². The van der Waals surface area contributed by atoms with Gasteiger partial charge in [-0.1, -0.05) is 12.1 Å². The van der Waals surface area contributed by atoms with E-state index in [0.29, 0.717) is 23.4 Å². The van der Waals surface area contributed by atoms with E-state index in [4.69, 9.17) is 0 Å². The lowest BCUT2D eigenvalue weighted by Gasteiger charge is -2.17. The van der Waals surface area contributed by atoms with Crippen molar-refractivity contribution >= 4 is 0 Å². The maximum Gasteiger partial charge on any atom is 0.141 e. The number of halogens is 1. The van der Waals surface area contributed by atoms with Crippen molar-refractivity contribution in [2.24, 2.45) is 0 Å². The number of aryl methyl sites for hydroxylation is 1. The minimum absolute atomic E-state index is 0.00925. The molecule has 0 aliphatic heterocycles. The first-order valence-corrected chi connectivity index (χ1v) is 6.79. The number of aromatic nitrogens is 1. The quantitative estimate of drug-likeness (QED) is 0.792. The summed E-state index contributed by atoms with van der Waals surface area (Å²) >= 11 is 0. The molecule has 2 aromatic rings. The summed E-state index contributed by atoms with van der Waals surface area (Å²) in [4.78, 5) is 4.03. The molecular weight excluding hydrogens is 271 g/mol. The molecule has 0 bridgehead atoms. The van der Waals surface area contributed by atoms with Crippen LogP contribution >= 0.6 is 0 Å². The van der Waals surface area contributed by atoms with Gasteiger partial charge < -0.3 is 15.5 Å². The van der Waals surface area contributed by atoms with Crippen molar-refractivity contribution < 1.29 is 14.6 Å². The molecule has 1 aromatic heterocycles. The fourth-order valence-corrected chi connectivity index (χ4v) is 2.14. The molecule has 21 heavy (non-hydrogen) atoms. The van der Waals surface area contributed by atoms with E-state index in [1.165, 1.54) is 12.1 Å². The lowest BCUT2D eigenvalue weighted by Crippen LogP contribution is -2.19. The second kappa shape index (κ2) is 6.65. The number of pyridine rings is 1. The largest absolute Gasteiger partial charge is 0.506 e. The summed E-state index contributed by atoms with van der Waals surface area (Å²) in [5, 5.41) is 22.6. The SMILES string of the molecule is Cc1ncc(CO)c(CNC(C)c2ccc(F)cc2)c1O. The molecule has 5 heteroatoms. The van der Waals surface area contributed by atoms with Gasteiger partial charge >= 0.3 is 0 Å². The molecule has 3 N–H and O–H groups in total. The average molecular weight is 290 g/mol. The topological polar surface area (TPSA) is 65.4 Å². The number of nitrogens with zero attached hydrogens (tertiary/aromatic N) is 1. The number of benzene rings is 1. The predicted octanol–water partition coefficient (Wildman–Crippen LogP) is 2.58. The fraction of sp³-hybridized carbons (Fsp3) is 0.312. The maximum absolute atomic E-state index is 12.9. The molecule has 112 valence electrons. The highest BCUT2D eigenvalue weighted by molar-refractivity contribution is 5.40. The molecule has 0 saturated heterocycles. The van der Waals surface area contributed by atoms with E-state index in [9.17, 15) is 14.6 Å². The Hall–Kier alpha value is -1.98. The molecule has 1 unspecified atom stereocenters. The molecule has 0 spiro atoms. The van der Waals surface area contributed by atoms with Gasteiger partial charge in [0.25, 0.3) is 0 Å². The van der Waals surface area contributed by atoms with Gasteiger partial charge in [-0.3, -0.25) is 4.98 Å². The van der Waals surface area contributed by atoms with Gasteiger partial charge in [0.15, 0.2) is 0 Å². The minimum atomic E-state index is -0.268. The number of nitrogens with one attached hydrogen (secondary N) is 1. The van der Waals surface area contributed by atoms with Crippen LogP contribution in [0.1, 0.15) is 35.3 Å². The van der Waals surface area contributed by atoms with E-state index in [0.717, 1.165) is 5.56 Å². The zero-order valence-electron chi connectivity index (χ0n) is 12.1. The Morgan fingerprint density at radius 3 is 2.57 bits per heavy atom. The molecule has 1 heterocycles. The van der Waals surface area contributed by atoms with Gasteiger partial charge in [0.05, 0.1) is 12.3 Å². The van der Waals surface area contributed by atoms with Gasteiger partial charge in [0, 0.05) is 29.9 Å². The minimum Gasteiger partial charge on any atom is -0.506 e. The first-order valence-electron chi connectivity index (χ1n) is 6.79. The first-order chi connectivity index (χ1) is 10.0. The number of hydrogen-bond donors (Lipinski definition) is 3. The molecule has 0 radical (unpaired) electrons. The Balaban J connectivity index is 2.12. The third-order valence-electron chi connectivity index (χ3n) is 3.56. The van der Waals surface area contributed by atoms with Crippen LogP contribution < -0.4 is 5.32 Å². The number of aliphatic hydroxyl groups is 1. The van der Waals surface area contributed by atoms with Crippen LogP contribution in [0.4, 0.5) is 4.39 Å². The molecule has 1 aromatic carbocycles. The molecule has 0 saturated carbocycles. The zero-order chi connectivity index (χ0) is 15.4. The second-order valence-corrected chi connectivity index (χ2v) is 5.01. The van der Waals surface area contributed by atoms with Gasteiger partial charge in [0.1, 0.15) is 11.6 Å². The number of aliphatic hydroxyl groups excluding tert-OH is 1. The van der Waals surface area contributed by atoms with E-state index in [1.54, 1.807) is 25.3 Å². The third kappa shape index (κ3) is 3.56. The normalized spacial score (nSPS) is 12.4. The first kappa shape index (κ1) is 15.4. The molecule has 0 fully saturated rings. The molecule has 0 aliphatic rings. The van der Waals surface area contributed by atoms with Crippen molar-refractivity contribution in [1.82, 2.24) is 10.3 Å². The van der Waals surface area contributed by atoms with Crippen LogP contribution in [0, 0.1) is 12.7 Å². The maximum atomic E-state index is 12.9. The fourth-order valence-electron chi connectivity index (χ4n) is 2.14. The summed E-state index contributed by atoms with van der Waals surface area (Å²) in [5.74, 6) is -0.170. The summed E-state index contributed by atoms with van der Waals surface area (Å²) in [7, 11) is 0. The van der Waals surface area contributed by atoms with Gasteiger partial charge in [-0.15, -0.1) is 0 Å². The Labute approximate surface area is 123 Å². The van der Waals surface area contributed by atoms with Crippen molar-refractivity contribution in [3.63, 3.8) is 0 Å². The lowest BCUT2D eigenvalue weighted by atomic mass is 10.1. The molecule has 0 amide bonds. The van der Waals surface area contributed by atoms with Crippen molar-refractivity contribution in [1.29, 1.82) is 0 Å². The van der Waals surface area contributed by atoms with E-state index in [-0.39, 0.29) is 24.2 Å². The van der Waals surface area contributed by atoms with E-state index >= 15 is 0 Å².